The fraction of sp³-hybridized carbons (Fsp3) is 0.381. The third-order valence-corrected chi connectivity index (χ3v) is 5.23. The Bertz CT molecular complexity index is 789. The second kappa shape index (κ2) is 7.18. The summed E-state index contributed by atoms with van der Waals surface area (Å²) in [7, 11) is 0. The predicted octanol–water partition coefficient (Wildman–Crippen LogP) is 4.90. The number of aliphatic imine (C=N–C) groups is 1. The van der Waals surface area contributed by atoms with E-state index in [0.29, 0.717) is 24.2 Å². The van der Waals surface area contributed by atoms with Gasteiger partial charge in [0, 0.05) is 23.2 Å². The number of carbonyl (C=O) groups is 1. The number of ketones is 1. The molecule has 1 fully saturated rings. The molecule has 4 rings (SSSR count). The lowest BCUT2D eigenvalue weighted by Gasteiger charge is -2.22. The number of carbonyl (C=O) groups excluding carboxylic acids is 1. The Hall–Kier alpha value is -2.49. The van der Waals surface area contributed by atoms with E-state index in [2.05, 4.69) is 39.6 Å². The molecule has 25 heavy (non-hydrogen) atoms. The number of aromatic nitrogens is 1. The van der Waals surface area contributed by atoms with Crippen LogP contribution in [-0.2, 0) is 0 Å². The van der Waals surface area contributed by atoms with Gasteiger partial charge in [-0.2, -0.15) is 0 Å². The summed E-state index contributed by atoms with van der Waals surface area (Å²) in [4.78, 5) is 20.8. The molecule has 0 amide bonds. The zero-order valence-electron chi connectivity index (χ0n) is 14.4. The number of fused-ring (bicyclic) bond motifs is 1. The van der Waals surface area contributed by atoms with Crippen molar-refractivity contribution in [1.29, 1.82) is 0 Å². The molecule has 1 aromatic heterocycles. The minimum Gasteiger partial charge on any atom is -0.380 e. The van der Waals surface area contributed by atoms with Gasteiger partial charge < -0.3 is 5.32 Å². The second-order valence-electron chi connectivity index (χ2n) is 6.98. The highest BCUT2D eigenvalue weighted by Gasteiger charge is 2.19. The van der Waals surface area contributed by atoms with Crippen molar-refractivity contribution in [3.63, 3.8) is 0 Å². The topological polar surface area (TPSA) is 54.4 Å². The molecule has 0 saturated heterocycles. The van der Waals surface area contributed by atoms with Gasteiger partial charge in [0.05, 0.1) is 24.8 Å². The average Bonchev–Trinajstić information content (AvgIpc) is 2.68. The Balaban J connectivity index is 1.40. The molecule has 0 unspecified atom stereocenters. The molecular weight excluding hydrogens is 310 g/mol. The first kappa shape index (κ1) is 16.0. The maximum atomic E-state index is 12.2. The first-order chi connectivity index (χ1) is 12.3. The van der Waals surface area contributed by atoms with Crippen LogP contribution in [0.15, 0.2) is 47.7 Å². The van der Waals surface area contributed by atoms with Gasteiger partial charge in [0.15, 0.2) is 5.78 Å². The van der Waals surface area contributed by atoms with Gasteiger partial charge in [0.1, 0.15) is 0 Å². The largest absolute Gasteiger partial charge is 0.380 e. The van der Waals surface area contributed by atoms with Crippen LogP contribution in [0, 0.1) is 0 Å². The number of nitrogens with one attached hydrogen (secondary N) is 1. The number of hydrogen-bond donors (Lipinski definition) is 1. The SMILES string of the molecule is O=C1CC(CNc2ccc(C3CCCCC3)cc2)=Nc2cnccc21. The van der Waals surface area contributed by atoms with E-state index < -0.39 is 0 Å². The quantitative estimate of drug-likeness (QED) is 0.866. The minimum atomic E-state index is 0.122. The molecule has 1 N–H and O–H groups in total. The van der Waals surface area contributed by atoms with Crippen molar-refractivity contribution in [3.05, 3.63) is 53.9 Å². The molecule has 1 aliphatic carbocycles. The summed E-state index contributed by atoms with van der Waals surface area (Å²) in [6.45, 7) is 0.586. The molecule has 0 bridgehead atoms. The minimum absolute atomic E-state index is 0.122. The molecule has 1 saturated carbocycles. The van der Waals surface area contributed by atoms with Crippen molar-refractivity contribution in [1.82, 2.24) is 4.98 Å². The van der Waals surface area contributed by atoms with Crippen LogP contribution >= 0.6 is 0 Å². The molecule has 0 radical (unpaired) electrons. The van der Waals surface area contributed by atoms with Gasteiger partial charge in [-0.1, -0.05) is 31.4 Å². The third kappa shape index (κ3) is 3.63. The Morgan fingerprint density at radius 1 is 1.04 bits per heavy atom. The van der Waals surface area contributed by atoms with E-state index >= 15 is 0 Å². The zero-order valence-corrected chi connectivity index (χ0v) is 14.4. The fourth-order valence-corrected chi connectivity index (χ4v) is 3.82. The normalized spacial score (nSPS) is 17.8. The summed E-state index contributed by atoms with van der Waals surface area (Å²) in [5.74, 6) is 0.851. The van der Waals surface area contributed by atoms with E-state index in [4.69, 9.17) is 0 Å². The number of hydrogen-bond acceptors (Lipinski definition) is 4. The van der Waals surface area contributed by atoms with Crippen molar-refractivity contribution >= 4 is 22.9 Å². The van der Waals surface area contributed by atoms with Gasteiger partial charge >= 0.3 is 0 Å². The number of anilines is 1. The van der Waals surface area contributed by atoms with Crippen molar-refractivity contribution in [2.75, 3.05) is 11.9 Å². The maximum Gasteiger partial charge on any atom is 0.170 e. The molecule has 4 heteroatoms. The van der Waals surface area contributed by atoms with E-state index in [9.17, 15) is 4.79 Å². The Morgan fingerprint density at radius 2 is 1.84 bits per heavy atom. The molecular formula is C21H23N3O. The van der Waals surface area contributed by atoms with Gasteiger partial charge in [-0.3, -0.25) is 14.8 Å². The summed E-state index contributed by atoms with van der Waals surface area (Å²) >= 11 is 0. The van der Waals surface area contributed by atoms with Crippen LogP contribution in [0.3, 0.4) is 0 Å². The number of rotatable bonds is 4. The van der Waals surface area contributed by atoms with Crippen LogP contribution in [0.25, 0.3) is 0 Å². The first-order valence-electron chi connectivity index (χ1n) is 9.17. The van der Waals surface area contributed by atoms with E-state index in [1.807, 2.05) is 0 Å². The molecule has 0 atom stereocenters. The predicted molar refractivity (Wildman–Crippen MR) is 101 cm³/mol. The van der Waals surface area contributed by atoms with Gasteiger partial charge in [0.25, 0.3) is 0 Å². The summed E-state index contributed by atoms with van der Waals surface area (Å²) in [6.07, 6.45) is 10.4. The van der Waals surface area contributed by atoms with Gasteiger partial charge in [-0.25, -0.2) is 0 Å². The molecule has 4 nitrogen and oxygen atoms in total. The van der Waals surface area contributed by atoms with Crippen LogP contribution in [-0.4, -0.2) is 23.0 Å². The lowest BCUT2D eigenvalue weighted by Crippen LogP contribution is -2.21. The lowest BCUT2D eigenvalue weighted by atomic mass is 9.84. The molecule has 2 heterocycles. The Morgan fingerprint density at radius 3 is 2.64 bits per heavy atom. The second-order valence-corrected chi connectivity index (χ2v) is 6.98. The van der Waals surface area contributed by atoms with Crippen LogP contribution in [0.2, 0.25) is 0 Å². The average molecular weight is 333 g/mol. The number of nitrogens with zero attached hydrogens (tertiary/aromatic N) is 2. The van der Waals surface area contributed by atoms with Crippen molar-refractivity contribution < 1.29 is 4.79 Å². The van der Waals surface area contributed by atoms with E-state index in [0.717, 1.165) is 17.3 Å². The Labute approximate surface area is 148 Å². The highest BCUT2D eigenvalue weighted by molar-refractivity contribution is 6.16. The highest BCUT2D eigenvalue weighted by atomic mass is 16.1. The van der Waals surface area contributed by atoms with E-state index in [1.165, 1.54) is 37.7 Å². The smallest absolute Gasteiger partial charge is 0.170 e. The molecule has 128 valence electrons. The van der Waals surface area contributed by atoms with Gasteiger partial charge in [-0.05, 0) is 42.5 Å². The van der Waals surface area contributed by atoms with Crippen LogP contribution in [0.1, 0.15) is 60.4 Å². The number of pyridine rings is 1. The van der Waals surface area contributed by atoms with Crippen LogP contribution < -0.4 is 5.32 Å². The van der Waals surface area contributed by atoms with Crippen molar-refractivity contribution in [3.8, 4) is 0 Å². The van der Waals surface area contributed by atoms with Gasteiger partial charge in [-0.15, -0.1) is 0 Å². The van der Waals surface area contributed by atoms with Crippen molar-refractivity contribution in [2.24, 2.45) is 4.99 Å². The van der Waals surface area contributed by atoms with Gasteiger partial charge in [0.2, 0.25) is 0 Å². The van der Waals surface area contributed by atoms with Crippen LogP contribution in [0.4, 0.5) is 11.4 Å². The summed E-state index contributed by atoms with van der Waals surface area (Å²) in [5.41, 5.74) is 4.75. The standard InChI is InChI=1S/C21H23N3O/c25-21-12-18(24-20-14-22-11-10-19(20)21)13-23-17-8-6-16(7-9-17)15-4-2-1-3-5-15/h6-11,14-15,23H,1-5,12-13H2. The molecule has 1 aromatic carbocycles. The fourth-order valence-electron chi connectivity index (χ4n) is 3.82. The Kier molecular flexibility index (Phi) is 4.59. The maximum absolute atomic E-state index is 12.2. The third-order valence-electron chi connectivity index (χ3n) is 5.23. The van der Waals surface area contributed by atoms with Crippen LogP contribution in [0.5, 0.6) is 0 Å². The van der Waals surface area contributed by atoms with E-state index in [-0.39, 0.29) is 5.78 Å². The highest BCUT2D eigenvalue weighted by Crippen LogP contribution is 2.33. The number of benzene rings is 1. The summed E-state index contributed by atoms with van der Waals surface area (Å²) in [6, 6.07) is 10.5. The monoisotopic (exact) mass is 333 g/mol. The molecule has 2 aliphatic rings. The summed E-state index contributed by atoms with van der Waals surface area (Å²) in [5, 5.41) is 3.39. The molecule has 0 spiro atoms. The number of Topliss-reactive ketones (excluding diaryl/α,β-unsaturated/α-hetero) is 1. The zero-order chi connectivity index (χ0) is 17.1. The van der Waals surface area contributed by atoms with Crippen molar-refractivity contribution in [2.45, 2.75) is 44.4 Å². The summed E-state index contributed by atoms with van der Waals surface area (Å²) < 4.78 is 0. The molecule has 2 aromatic rings. The van der Waals surface area contributed by atoms with E-state index in [1.54, 1.807) is 18.5 Å². The lowest BCUT2D eigenvalue weighted by molar-refractivity contribution is 0.0999. The molecule has 1 aliphatic heterocycles. The first-order valence-corrected chi connectivity index (χ1v) is 9.17.